The number of ketones is 1. The van der Waals surface area contributed by atoms with E-state index >= 15 is 0 Å². The maximum atomic E-state index is 12.3. The molecule has 0 atom stereocenters. The molecular formula is C23H25N7O. The maximum Gasteiger partial charge on any atom is 0.229 e. The molecule has 8 heteroatoms. The molecule has 0 spiro atoms. The summed E-state index contributed by atoms with van der Waals surface area (Å²) in [6.45, 7) is 9.46. The molecule has 1 fully saturated rings. The third kappa shape index (κ3) is 3.48. The van der Waals surface area contributed by atoms with Crippen LogP contribution in [0.15, 0.2) is 36.7 Å². The Morgan fingerprint density at radius 3 is 2.52 bits per heavy atom. The summed E-state index contributed by atoms with van der Waals surface area (Å²) < 4.78 is 1.88. The molecule has 3 aromatic heterocycles. The van der Waals surface area contributed by atoms with E-state index < -0.39 is 0 Å². The van der Waals surface area contributed by atoms with Gasteiger partial charge in [-0.25, -0.2) is 9.97 Å². The number of fused-ring (bicyclic) bond motifs is 3. The van der Waals surface area contributed by atoms with Crippen LogP contribution in [0.25, 0.3) is 16.7 Å². The highest BCUT2D eigenvalue weighted by molar-refractivity contribution is 6.05. The smallest absolute Gasteiger partial charge is 0.229 e. The fraction of sp³-hybridized carbons (Fsp3) is 0.304. The molecule has 2 N–H and O–H groups in total. The molecule has 0 unspecified atom stereocenters. The standard InChI is InChI=1S/C23H25N7O/c1-14-13-30-21-19(15(2)20(16(3)31)22(30)26-14)12-25-23(28-21)27-17-4-6-18(7-5-17)29-10-8-24-9-11-29/h4-7,12-13,24H,8-11H2,1-3H3,(H,25,27,28). The molecule has 0 saturated carbocycles. The number of aromatic nitrogens is 4. The number of hydrogen-bond acceptors (Lipinski definition) is 7. The SMILES string of the molecule is CC(=O)c1c(C)c2cnc(Nc3ccc(N4CCNCC4)cc3)nc2n2cc(C)nc12. The highest BCUT2D eigenvalue weighted by Crippen LogP contribution is 2.27. The Morgan fingerprint density at radius 2 is 1.81 bits per heavy atom. The lowest BCUT2D eigenvalue weighted by Gasteiger charge is -2.29. The number of nitrogens with zero attached hydrogens (tertiary/aromatic N) is 5. The Labute approximate surface area is 180 Å². The van der Waals surface area contributed by atoms with E-state index in [-0.39, 0.29) is 5.78 Å². The Hall–Kier alpha value is -3.52. The molecule has 158 valence electrons. The molecule has 4 heterocycles. The van der Waals surface area contributed by atoms with E-state index in [1.807, 2.05) is 36.6 Å². The number of pyridine rings is 1. The van der Waals surface area contributed by atoms with Gasteiger partial charge in [0.05, 0.1) is 11.3 Å². The minimum atomic E-state index is -0.0122. The van der Waals surface area contributed by atoms with Gasteiger partial charge >= 0.3 is 0 Å². The van der Waals surface area contributed by atoms with Gasteiger partial charge in [-0.1, -0.05) is 0 Å². The molecule has 1 aliphatic heterocycles. The van der Waals surface area contributed by atoms with Crippen molar-refractivity contribution in [2.75, 3.05) is 36.4 Å². The van der Waals surface area contributed by atoms with Crippen molar-refractivity contribution in [2.45, 2.75) is 20.8 Å². The number of benzene rings is 1. The normalized spacial score (nSPS) is 14.4. The molecule has 1 aromatic carbocycles. The number of piperazine rings is 1. The van der Waals surface area contributed by atoms with Crippen molar-refractivity contribution >= 4 is 39.8 Å². The summed E-state index contributed by atoms with van der Waals surface area (Å²) in [4.78, 5) is 28.5. The predicted molar refractivity (Wildman–Crippen MR) is 123 cm³/mol. The van der Waals surface area contributed by atoms with Gasteiger partial charge in [-0.3, -0.25) is 9.20 Å². The van der Waals surface area contributed by atoms with E-state index in [0.29, 0.717) is 17.2 Å². The van der Waals surface area contributed by atoms with Gasteiger partial charge in [0, 0.05) is 55.3 Å². The highest BCUT2D eigenvalue weighted by Gasteiger charge is 2.18. The molecular weight excluding hydrogens is 390 g/mol. The summed E-state index contributed by atoms with van der Waals surface area (Å²) in [5.74, 6) is 0.492. The Kier molecular flexibility index (Phi) is 4.78. The highest BCUT2D eigenvalue weighted by atomic mass is 16.1. The molecule has 5 rings (SSSR count). The molecule has 31 heavy (non-hydrogen) atoms. The molecule has 1 saturated heterocycles. The number of rotatable bonds is 4. The lowest BCUT2D eigenvalue weighted by Crippen LogP contribution is -2.43. The van der Waals surface area contributed by atoms with Gasteiger partial charge in [0.1, 0.15) is 5.65 Å². The first-order valence-electron chi connectivity index (χ1n) is 10.5. The molecule has 4 aromatic rings. The number of hydrogen-bond donors (Lipinski definition) is 2. The van der Waals surface area contributed by atoms with Gasteiger partial charge in [-0.05, 0) is 50.6 Å². The zero-order valence-electron chi connectivity index (χ0n) is 17.9. The lowest BCUT2D eigenvalue weighted by molar-refractivity contribution is 0.101. The molecule has 1 aliphatic rings. The van der Waals surface area contributed by atoms with Crippen LogP contribution in [0.3, 0.4) is 0 Å². The second-order valence-corrected chi connectivity index (χ2v) is 7.97. The first-order chi connectivity index (χ1) is 15.0. The number of nitrogens with one attached hydrogen (secondary N) is 2. The number of Topliss-reactive ketones (excluding diaryl/α,β-unsaturated/α-hetero) is 1. The van der Waals surface area contributed by atoms with Crippen LogP contribution in [0, 0.1) is 13.8 Å². The summed E-state index contributed by atoms with van der Waals surface area (Å²) in [5, 5.41) is 7.52. The molecule has 8 nitrogen and oxygen atoms in total. The van der Waals surface area contributed by atoms with Crippen LogP contribution in [-0.4, -0.2) is 51.3 Å². The van der Waals surface area contributed by atoms with Crippen molar-refractivity contribution in [3.05, 3.63) is 53.5 Å². The number of carbonyl (C=O) groups excluding carboxylic acids is 1. The molecule has 0 aliphatic carbocycles. The molecule has 0 bridgehead atoms. The van der Waals surface area contributed by atoms with Crippen LogP contribution >= 0.6 is 0 Å². The second-order valence-electron chi connectivity index (χ2n) is 7.97. The van der Waals surface area contributed by atoms with Gasteiger partial charge in [0.2, 0.25) is 5.95 Å². The van der Waals surface area contributed by atoms with Crippen LogP contribution in [0.4, 0.5) is 17.3 Å². The second kappa shape index (κ2) is 7.63. The minimum absolute atomic E-state index is 0.0122. The summed E-state index contributed by atoms with van der Waals surface area (Å²) in [5.41, 5.74) is 5.82. The Morgan fingerprint density at radius 1 is 1.06 bits per heavy atom. The summed E-state index contributed by atoms with van der Waals surface area (Å²) in [6.07, 6.45) is 3.68. The fourth-order valence-electron chi connectivity index (χ4n) is 4.25. The summed E-state index contributed by atoms with van der Waals surface area (Å²) in [7, 11) is 0. The van der Waals surface area contributed by atoms with E-state index in [1.54, 1.807) is 13.1 Å². The van der Waals surface area contributed by atoms with Crippen molar-refractivity contribution in [3.63, 3.8) is 0 Å². The van der Waals surface area contributed by atoms with Crippen LogP contribution in [-0.2, 0) is 0 Å². The number of carbonyl (C=O) groups is 1. The van der Waals surface area contributed by atoms with E-state index in [1.165, 1.54) is 5.69 Å². The zero-order chi connectivity index (χ0) is 21.5. The van der Waals surface area contributed by atoms with Crippen molar-refractivity contribution in [3.8, 4) is 0 Å². The first kappa shape index (κ1) is 19.4. The van der Waals surface area contributed by atoms with E-state index in [4.69, 9.17) is 4.98 Å². The summed E-state index contributed by atoms with van der Waals surface area (Å²) in [6, 6.07) is 8.34. The van der Waals surface area contributed by atoms with Crippen molar-refractivity contribution in [1.82, 2.24) is 24.7 Å². The average Bonchev–Trinajstić information content (AvgIpc) is 3.16. The topological polar surface area (TPSA) is 87.5 Å². The van der Waals surface area contributed by atoms with E-state index in [0.717, 1.165) is 54.2 Å². The largest absolute Gasteiger partial charge is 0.369 e. The van der Waals surface area contributed by atoms with Crippen LogP contribution in [0.2, 0.25) is 0 Å². The monoisotopic (exact) mass is 415 g/mol. The predicted octanol–water partition coefficient (Wildman–Crippen LogP) is 3.25. The molecule has 0 radical (unpaired) electrons. The molecule has 0 amide bonds. The van der Waals surface area contributed by atoms with Gasteiger partial charge in [-0.15, -0.1) is 0 Å². The zero-order valence-corrected chi connectivity index (χ0v) is 17.9. The Bertz CT molecular complexity index is 1290. The van der Waals surface area contributed by atoms with Crippen molar-refractivity contribution < 1.29 is 4.79 Å². The van der Waals surface area contributed by atoms with Crippen LogP contribution in [0.5, 0.6) is 0 Å². The van der Waals surface area contributed by atoms with Crippen LogP contribution < -0.4 is 15.5 Å². The average molecular weight is 416 g/mol. The number of aryl methyl sites for hydroxylation is 2. The lowest BCUT2D eigenvalue weighted by atomic mass is 10.0. The number of imidazole rings is 1. The van der Waals surface area contributed by atoms with E-state index in [9.17, 15) is 4.79 Å². The Balaban J connectivity index is 1.50. The van der Waals surface area contributed by atoms with E-state index in [2.05, 4.69) is 37.6 Å². The van der Waals surface area contributed by atoms with Crippen molar-refractivity contribution in [1.29, 1.82) is 0 Å². The number of anilines is 3. The third-order valence-corrected chi connectivity index (χ3v) is 5.78. The minimum Gasteiger partial charge on any atom is -0.369 e. The quantitative estimate of drug-likeness (QED) is 0.495. The van der Waals surface area contributed by atoms with Gasteiger partial charge in [0.15, 0.2) is 11.4 Å². The first-order valence-corrected chi connectivity index (χ1v) is 10.5. The third-order valence-electron chi connectivity index (χ3n) is 5.78. The maximum absolute atomic E-state index is 12.3. The summed E-state index contributed by atoms with van der Waals surface area (Å²) >= 11 is 0. The van der Waals surface area contributed by atoms with Crippen molar-refractivity contribution in [2.24, 2.45) is 0 Å². The van der Waals surface area contributed by atoms with Crippen LogP contribution in [0.1, 0.15) is 28.5 Å². The van der Waals surface area contributed by atoms with Gasteiger partial charge < -0.3 is 15.5 Å². The van der Waals surface area contributed by atoms with Gasteiger partial charge in [-0.2, -0.15) is 4.98 Å². The fourth-order valence-corrected chi connectivity index (χ4v) is 4.25. The van der Waals surface area contributed by atoms with Gasteiger partial charge in [0.25, 0.3) is 0 Å².